The van der Waals surface area contributed by atoms with E-state index in [1.165, 1.54) is 0 Å². The van der Waals surface area contributed by atoms with Crippen LogP contribution in [-0.4, -0.2) is 30.1 Å². The summed E-state index contributed by atoms with van der Waals surface area (Å²) in [6.45, 7) is 4.23. The molecule has 1 rings (SSSR count). The summed E-state index contributed by atoms with van der Waals surface area (Å²) in [7, 11) is 2.09. The quantitative estimate of drug-likeness (QED) is 0.845. The number of thioether (sulfide) groups is 1. The Morgan fingerprint density at radius 1 is 1.53 bits per heavy atom. The topological polar surface area (TPSA) is 16.1 Å². The van der Waals surface area contributed by atoms with Crippen LogP contribution in [0.2, 0.25) is 0 Å². The van der Waals surface area contributed by atoms with Crippen molar-refractivity contribution in [2.24, 2.45) is 0 Å². The SMILES string of the molecule is CSCC(C)N(C)c1ccc(Br)c(C)n1. The van der Waals surface area contributed by atoms with Gasteiger partial charge < -0.3 is 4.90 Å². The van der Waals surface area contributed by atoms with Gasteiger partial charge in [-0.25, -0.2) is 4.98 Å². The lowest BCUT2D eigenvalue weighted by atomic mass is 10.3. The zero-order valence-electron chi connectivity index (χ0n) is 9.62. The first-order chi connectivity index (χ1) is 7.06. The third-order valence-electron chi connectivity index (χ3n) is 2.44. The van der Waals surface area contributed by atoms with Crippen LogP contribution in [0.3, 0.4) is 0 Å². The third kappa shape index (κ3) is 3.38. The number of anilines is 1. The van der Waals surface area contributed by atoms with E-state index in [1.54, 1.807) is 0 Å². The summed E-state index contributed by atoms with van der Waals surface area (Å²) in [5.74, 6) is 2.16. The van der Waals surface area contributed by atoms with Crippen molar-refractivity contribution in [2.75, 3.05) is 24.0 Å². The van der Waals surface area contributed by atoms with E-state index in [9.17, 15) is 0 Å². The molecule has 0 radical (unpaired) electrons. The molecule has 0 bridgehead atoms. The van der Waals surface area contributed by atoms with Crippen LogP contribution in [-0.2, 0) is 0 Å². The predicted octanol–water partition coefficient (Wildman–Crippen LogP) is 3.34. The summed E-state index contributed by atoms with van der Waals surface area (Å²) in [5.41, 5.74) is 1.04. The molecule has 2 nitrogen and oxygen atoms in total. The molecule has 0 N–H and O–H groups in total. The second kappa shape index (κ2) is 5.75. The molecule has 0 spiro atoms. The number of halogens is 1. The molecular weight excluding hydrogens is 272 g/mol. The molecule has 0 amide bonds. The molecule has 0 aromatic carbocycles. The van der Waals surface area contributed by atoms with Crippen molar-refractivity contribution in [1.29, 1.82) is 0 Å². The lowest BCUT2D eigenvalue weighted by molar-refractivity contribution is 0.751. The summed E-state index contributed by atoms with van der Waals surface area (Å²) in [5, 5.41) is 0. The molecule has 84 valence electrons. The Morgan fingerprint density at radius 2 is 2.20 bits per heavy atom. The van der Waals surface area contributed by atoms with Crippen LogP contribution in [0.15, 0.2) is 16.6 Å². The van der Waals surface area contributed by atoms with Gasteiger partial charge in [-0.2, -0.15) is 11.8 Å². The van der Waals surface area contributed by atoms with Crippen LogP contribution in [0.5, 0.6) is 0 Å². The van der Waals surface area contributed by atoms with Crippen molar-refractivity contribution in [2.45, 2.75) is 19.9 Å². The van der Waals surface area contributed by atoms with Gasteiger partial charge in [0.15, 0.2) is 0 Å². The number of aromatic nitrogens is 1. The average molecular weight is 289 g/mol. The normalized spacial score (nSPS) is 12.6. The van der Waals surface area contributed by atoms with Gasteiger partial charge in [-0.05, 0) is 48.2 Å². The second-order valence-corrected chi connectivity index (χ2v) is 5.42. The van der Waals surface area contributed by atoms with Crippen molar-refractivity contribution in [3.63, 3.8) is 0 Å². The van der Waals surface area contributed by atoms with Crippen LogP contribution < -0.4 is 4.90 Å². The molecule has 0 aliphatic carbocycles. The van der Waals surface area contributed by atoms with Gasteiger partial charge in [0, 0.05) is 23.3 Å². The molecule has 0 aliphatic heterocycles. The highest BCUT2D eigenvalue weighted by atomic mass is 79.9. The van der Waals surface area contributed by atoms with E-state index >= 15 is 0 Å². The number of rotatable bonds is 4. The molecule has 0 saturated heterocycles. The van der Waals surface area contributed by atoms with E-state index in [1.807, 2.05) is 24.8 Å². The highest BCUT2D eigenvalue weighted by Crippen LogP contribution is 2.20. The Bertz CT molecular complexity index is 330. The van der Waals surface area contributed by atoms with Crippen LogP contribution in [0.25, 0.3) is 0 Å². The Labute approximate surface area is 105 Å². The molecule has 1 heterocycles. The second-order valence-electron chi connectivity index (χ2n) is 3.65. The molecule has 0 aliphatic rings. The minimum atomic E-state index is 0.507. The largest absolute Gasteiger partial charge is 0.356 e. The van der Waals surface area contributed by atoms with E-state index in [-0.39, 0.29) is 0 Å². The maximum absolute atomic E-state index is 4.55. The third-order valence-corrected chi connectivity index (χ3v) is 4.09. The van der Waals surface area contributed by atoms with Gasteiger partial charge in [0.05, 0.1) is 5.69 Å². The van der Waals surface area contributed by atoms with Gasteiger partial charge in [-0.1, -0.05) is 0 Å². The first-order valence-electron chi connectivity index (χ1n) is 4.91. The molecular formula is C11H17BrN2S. The Balaban J connectivity index is 2.81. The molecule has 1 aromatic rings. The van der Waals surface area contributed by atoms with Gasteiger partial charge in [0.1, 0.15) is 5.82 Å². The minimum Gasteiger partial charge on any atom is -0.356 e. The van der Waals surface area contributed by atoms with E-state index < -0.39 is 0 Å². The fourth-order valence-electron chi connectivity index (χ4n) is 1.31. The molecule has 4 heteroatoms. The summed E-state index contributed by atoms with van der Waals surface area (Å²) in [6.07, 6.45) is 2.13. The monoisotopic (exact) mass is 288 g/mol. The van der Waals surface area contributed by atoms with Crippen LogP contribution in [0.1, 0.15) is 12.6 Å². The van der Waals surface area contributed by atoms with Crippen LogP contribution >= 0.6 is 27.7 Å². The van der Waals surface area contributed by atoms with Crippen LogP contribution in [0, 0.1) is 6.92 Å². The predicted molar refractivity (Wildman–Crippen MR) is 72.9 cm³/mol. The van der Waals surface area contributed by atoms with Gasteiger partial charge in [-0.3, -0.25) is 0 Å². The van der Waals surface area contributed by atoms with Gasteiger partial charge in [0.2, 0.25) is 0 Å². The minimum absolute atomic E-state index is 0.507. The zero-order valence-corrected chi connectivity index (χ0v) is 12.0. The first-order valence-corrected chi connectivity index (χ1v) is 7.10. The fourth-order valence-corrected chi connectivity index (χ4v) is 2.23. The van der Waals surface area contributed by atoms with Crippen molar-refractivity contribution >= 4 is 33.5 Å². The molecule has 1 unspecified atom stereocenters. The molecule has 0 saturated carbocycles. The van der Waals surface area contributed by atoms with E-state index in [4.69, 9.17) is 0 Å². The van der Waals surface area contributed by atoms with Crippen LogP contribution in [0.4, 0.5) is 5.82 Å². The van der Waals surface area contributed by atoms with Gasteiger partial charge in [0.25, 0.3) is 0 Å². The van der Waals surface area contributed by atoms with E-state index in [2.05, 4.69) is 52.1 Å². The Morgan fingerprint density at radius 3 is 2.73 bits per heavy atom. The summed E-state index contributed by atoms with van der Waals surface area (Å²) >= 11 is 5.32. The Kier molecular flexibility index (Phi) is 4.93. The van der Waals surface area contributed by atoms with Crippen molar-refractivity contribution in [3.8, 4) is 0 Å². The molecule has 0 fully saturated rings. The molecule has 15 heavy (non-hydrogen) atoms. The smallest absolute Gasteiger partial charge is 0.128 e. The van der Waals surface area contributed by atoms with E-state index in [0.29, 0.717) is 6.04 Å². The summed E-state index contributed by atoms with van der Waals surface area (Å²) < 4.78 is 1.07. The average Bonchev–Trinajstić information content (AvgIpc) is 2.21. The summed E-state index contributed by atoms with van der Waals surface area (Å²) in [6, 6.07) is 4.61. The number of hydrogen-bond donors (Lipinski definition) is 0. The molecule has 1 atom stereocenters. The van der Waals surface area contributed by atoms with Gasteiger partial charge >= 0.3 is 0 Å². The first kappa shape index (κ1) is 12.8. The van der Waals surface area contributed by atoms with Gasteiger partial charge in [-0.15, -0.1) is 0 Å². The van der Waals surface area contributed by atoms with Crippen molar-refractivity contribution in [1.82, 2.24) is 4.98 Å². The zero-order chi connectivity index (χ0) is 11.4. The lowest BCUT2D eigenvalue weighted by Gasteiger charge is -2.25. The standard InChI is InChI=1S/C11H17BrN2S/c1-8(7-15-4)14(3)11-6-5-10(12)9(2)13-11/h5-6,8H,7H2,1-4H3. The number of nitrogens with zero attached hydrogens (tertiary/aromatic N) is 2. The highest BCUT2D eigenvalue weighted by molar-refractivity contribution is 9.10. The van der Waals surface area contributed by atoms with E-state index in [0.717, 1.165) is 21.7 Å². The lowest BCUT2D eigenvalue weighted by Crippen LogP contribution is -2.31. The van der Waals surface area contributed by atoms with Crippen molar-refractivity contribution in [3.05, 3.63) is 22.3 Å². The number of aryl methyl sites for hydroxylation is 1. The maximum Gasteiger partial charge on any atom is 0.128 e. The number of pyridine rings is 1. The number of hydrogen-bond acceptors (Lipinski definition) is 3. The highest BCUT2D eigenvalue weighted by Gasteiger charge is 2.11. The van der Waals surface area contributed by atoms with Crippen molar-refractivity contribution < 1.29 is 0 Å². The maximum atomic E-state index is 4.55. The summed E-state index contributed by atoms with van der Waals surface area (Å²) in [4.78, 5) is 6.76. The molecule has 1 aromatic heterocycles. The fraction of sp³-hybridized carbons (Fsp3) is 0.545. The Hall–Kier alpha value is -0.220.